The first-order chi connectivity index (χ1) is 19.8. The molecular weight excluding hydrogens is 587 g/mol. The van der Waals surface area contributed by atoms with Crippen LogP contribution < -0.4 is 16.4 Å². The maximum atomic E-state index is 15.8. The zero-order valence-corrected chi connectivity index (χ0v) is 20.4. The zero-order valence-electron chi connectivity index (χ0n) is 20.4. The predicted molar refractivity (Wildman–Crippen MR) is 129 cm³/mol. The van der Waals surface area contributed by atoms with Crippen molar-refractivity contribution in [2.45, 2.75) is 6.42 Å². The molecule has 1 aliphatic rings. The van der Waals surface area contributed by atoms with Gasteiger partial charge < -0.3 is 0 Å². The third-order valence-electron chi connectivity index (χ3n) is 7.34. The molecule has 0 fully saturated rings. The molecule has 0 unspecified atom stereocenters. The molecule has 42 heavy (non-hydrogen) atoms. The van der Waals surface area contributed by atoms with Gasteiger partial charge >= 0.3 is 0 Å². The van der Waals surface area contributed by atoms with Crippen LogP contribution >= 0.6 is 0 Å². The highest BCUT2D eigenvalue weighted by molar-refractivity contribution is 6.97. The number of hydrogen-bond acceptors (Lipinski definition) is 0. The van der Waals surface area contributed by atoms with Crippen LogP contribution in [0, 0.1) is 69.8 Å². The van der Waals surface area contributed by atoms with Crippen LogP contribution in [0.15, 0.2) is 42.5 Å². The van der Waals surface area contributed by atoms with E-state index < -0.39 is 127 Å². The molecule has 6 rings (SSSR count). The minimum absolute atomic E-state index is 0.212. The second-order valence-electron chi connectivity index (χ2n) is 9.52. The molecule has 0 amide bonds. The summed E-state index contributed by atoms with van der Waals surface area (Å²) < 4.78 is 179. The van der Waals surface area contributed by atoms with Gasteiger partial charge in [-0.25, -0.2) is 52.7 Å². The maximum Gasteiger partial charge on any atom is 0.254 e. The van der Waals surface area contributed by atoms with Crippen molar-refractivity contribution >= 4 is 33.9 Å². The van der Waals surface area contributed by atoms with E-state index in [1.54, 1.807) is 0 Å². The highest BCUT2D eigenvalue weighted by Crippen LogP contribution is 2.42. The molecule has 0 aromatic heterocycles. The van der Waals surface area contributed by atoms with Crippen LogP contribution in [0.4, 0.5) is 52.7 Å². The van der Waals surface area contributed by atoms with Gasteiger partial charge in [0.15, 0.2) is 58.2 Å². The van der Waals surface area contributed by atoms with Crippen molar-refractivity contribution in [3.8, 4) is 11.1 Å². The summed E-state index contributed by atoms with van der Waals surface area (Å²) in [6.07, 6.45) is -0.690. The van der Waals surface area contributed by atoms with Gasteiger partial charge in [-0.1, -0.05) is 12.1 Å². The van der Waals surface area contributed by atoms with Crippen LogP contribution in [0.2, 0.25) is 0 Å². The molecule has 5 aromatic rings. The monoisotopic (exact) mass is 596 g/mol. The van der Waals surface area contributed by atoms with Crippen LogP contribution in [0.3, 0.4) is 0 Å². The van der Waals surface area contributed by atoms with Crippen molar-refractivity contribution in [2.75, 3.05) is 0 Å². The lowest BCUT2D eigenvalue weighted by atomic mass is 9.35. The minimum atomic E-state index is -2.53. The average molecular weight is 596 g/mol. The second kappa shape index (κ2) is 9.57. The van der Waals surface area contributed by atoms with Gasteiger partial charge in [0.05, 0.1) is 5.39 Å². The number of benzene rings is 5. The Bertz CT molecular complexity index is 2000. The lowest BCUT2D eigenvalue weighted by Gasteiger charge is -2.23. The molecule has 0 bridgehead atoms. The van der Waals surface area contributed by atoms with Crippen molar-refractivity contribution in [1.82, 2.24) is 0 Å². The largest absolute Gasteiger partial charge is 0.254 e. The summed E-state index contributed by atoms with van der Waals surface area (Å²) in [6, 6.07) is 3.90. The van der Waals surface area contributed by atoms with Crippen LogP contribution in [0.25, 0.3) is 21.9 Å². The molecule has 0 nitrogen and oxygen atoms in total. The van der Waals surface area contributed by atoms with Gasteiger partial charge in [0.25, 0.3) is 6.71 Å². The van der Waals surface area contributed by atoms with E-state index in [0.29, 0.717) is 36.4 Å². The molecule has 13 heteroatoms. The van der Waals surface area contributed by atoms with Crippen LogP contribution in [0.1, 0.15) is 11.1 Å². The molecule has 0 saturated carbocycles. The topological polar surface area (TPSA) is 0 Å². The number of hydrogen-bond donors (Lipinski definition) is 0. The van der Waals surface area contributed by atoms with Crippen LogP contribution in [0.5, 0.6) is 0 Å². The van der Waals surface area contributed by atoms with Crippen molar-refractivity contribution in [3.63, 3.8) is 0 Å². The Labute approximate surface area is 227 Å². The second-order valence-corrected chi connectivity index (χ2v) is 9.52. The Morgan fingerprint density at radius 3 is 1.79 bits per heavy atom. The predicted octanol–water partition coefficient (Wildman–Crippen LogP) is 6.60. The smallest absolute Gasteiger partial charge is 0.208 e. The van der Waals surface area contributed by atoms with Gasteiger partial charge in [-0.05, 0) is 69.7 Å². The fourth-order valence-corrected chi connectivity index (χ4v) is 5.57. The summed E-state index contributed by atoms with van der Waals surface area (Å²) in [6.45, 7) is -2.53. The van der Waals surface area contributed by atoms with Crippen molar-refractivity contribution in [1.29, 1.82) is 0 Å². The average Bonchev–Trinajstić information content (AvgIpc) is 3.35. The van der Waals surface area contributed by atoms with E-state index in [2.05, 4.69) is 0 Å². The van der Waals surface area contributed by atoms with E-state index in [0.717, 1.165) is 6.07 Å². The Hall–Kier alpha value is -4.42. The summed E-state index contributed by atoms with van der Waals surface area (Å²) >= 11 is 0. The molecule has 5 aromatic carbocycles. The molecule has 1 aliphatic carbocycles. The molecule has 0 atom stereocenters. The third-order valence-corrected chi connectivity index (χ3v) is 7.34. The van der Waals surface area contributed by atoms with Crippen LogP contribution in [-0.4, -0.2) is 6.71 Å². The van der Waals surface area contributed by atoms with Gasteiger partial charge in [-0.2, -0.15) is 0 Å². The van der Waals surface area contributed by atoms with Gasteiger partial charge in [0.2, 0.25) is 0 Å². The first-order valence-corrected chi connectivity index (χ1v) is 11.9. The highest BCUT2D eigenvalue weighted by atomic mass is 19.2. The molecule has 0 heterocycles. The molecule has 0 spiro atoms. The van der Waals surface area contributed by atoms with Gasteiger partial charge in [0.1, 0.15) is 11.6 Å². The molecule has 0 saturated heterocycles. The van der Waals surface area contributed by atoms with E-state index >= 15 is 22.0 Å². The normalized spacial score (nSPS) is 12.2. The molecule has 0 radical (unpaired) electrons. The molecular formula is C29H9BF12. The van der Waals surface area contributed by atoms with Crippen molar-refractivity contribution in [2.24, 2.45) is 0 Å². The van der Waals surface area contributed by atoms with Crippen molar-refractivity contribution < 1.29 is 52.7 Å². The molecule has 0 N–H and O–H groups in total. The summed E-state index contributed by atoms with van der Waals surface area (Å²) in [5.74, 6) is -22.9. The quantitative estimate of drug-likeness (QED) is 0.123. The molecule has 212 valence electrons. The third kappa shape index (κ3) is 3.75. The van der Waals surface area contributed by atoms with E-state index in [1.807, 2.05) is 0 Å². The lowest BCUT2D eigenvalue weighted by molar-refractivity contribution is 0.450. The summed E-state index contributed by atoms with van der Waals surface area (Å²) in [5.41, 5.74) is -6.33. The fraction of sp³-hybridized carbons (Fsp3) is 0.0345. The summed E-state index contributed by atoms with van der Waals surface area (Å²) in [5, 5.41) is -2.49. The number of fused-ring (bicyclic) bond motifs is 4. The minimum Gasteiger partial charge on any atom is -0.208 e. The maximum absolute atomic E-state index is 15.8. The number of rotatable bonds is 3. The van der Waals surface area contributed by atoms with Crippen molar-refractivity contribution in [3.05, 3.63) is 123 Å². The SMILES string of the molecule is Fc1ccc(F)c(B(c2c(F)c(F)c(F)c3c2Cc2ccc(F)c(F)c2-3)c2c(F)c(F)c(F)c3c(F)c(F)ccc23)c1. The fourth-order valence-electron chi connectivity index (χ4n) is 5.57. The first kappa shape index (κ1) is 27.7. The summed E-state index contributed by atoms with van der Waals surface area (Å²) in [4.78, 5) is 0. The van der Waals surface area contributed by atoms with Gasteiger partial charge in [0, 0.05) is 11.1 Å². The first-order valence-electron chi connectivity index (χ1n) is 11.9. The Balaban J connectivity index is 1.83. The highest BCUT2D eigenvalue weighted by Gasteiger charge is 2.42. The standard InChI is InChI=1S/C29H9BF12/c31-10-2-5-14(32)13(8-10)30(20-11-3-6-16(34)23(36)19(11)25(38)29(42)26(20)39)21-12-7-9-1-4-15(33)22(35)17(9)18(12)24(37)28(41)27(21)40/h1-6,8H,7H2. The Morgan fingerprint density at radius 2 is 1.07 bits per heavy atom. The van der Waals surface area contributed by atoms with E-state index in [-0.39, 0.29) is 5.56 Å². The van der Waals surface area contributed by atoms with Crippen LogP contribution in [-0.2, 0) is 6.42 Å². The van der Waals surface area contributed by atoms with E-state index in [4.69, 9.17) is 0 Å². The van der Waals surface area contributed by atoms with E-state index in [1.165, 1.54) is 0 Å². The Kier molecular flexibility index (Phi) is 6.32. The van der Waals surface area contributed by atoms with Gasteiger partial charge in [-0.3, -0.25) is 0 Å². The van der Waals surface area contributed by atoms with E-state index in [9.17, 15) is 30.7 Å². The number of halogens is 12. The Morgan fingerprint density at radius 1 is 0.476 bits per heavy atom. The summed E-state index contributed by atoms with van der Waals surface area (Å²) in [7, 11) is 0. The zero-order chi connectivity index (χ0) is 30.4. The van der Waals surface area contributed by atoms with Gasteiger partial charge in [-0.15, -0.1) is 0 Å². The molecule has 0 aliphatic heterocycles. The lowest BCUT2D eigenvalue weighted by Crippen LogP contribution is -2.57.